The van der Waals surface area contributed by atoms with E-state index in [0.29, 0.717) is 0 Å². The van der Waals surface area contributed by atoms with Gasteiger partial charge in [-0.15, -0.1) is 13.2 Å². The lowest BCUT2D eigenvalue weighted by molar-refractivity contribution is 1.26. The summed E-state index contributed by atoms with van der Waals surface area (Å²) >= 11 is 0. The van der Waals surface area contributed by atoms with E-state index in [1.807, 2.05) is 13.8 Å². The van der Waals surface area contributed by atoms with Crippen LogP contribution in [0.4, 0.5) is 0 Å². The molecule has 0 aliphatic rings. The fourth-order valence-electron chi connectivity index (χ4n) is 0. The van der Waals surface area contributed by atoms with E-state index in [1.54, 1.807) is 12.2 Å². The van der Waals surface area contributed by atoms with Gasteiger partial charge in [0.05, 0.1) is 0 Å². The standard InChI is InChI=1S/2C3H6.H4N2/c2*1-3-2;1-2/h2*3H,1H2,2H3;1-2H2. The quantitative estimate of drug-likeness (QED) is 0.284. The maximum Gasteiger partial charge on any atom is -0.0473 e. The van der Waals surface area contributed by atoms with E-state index < -0.39 is 0 Å². The molecule has 0 spiro atoms. The Hall–Kier alpha value is -0.600. The summed E-state index contributed by atoms with van der Waals surface area (Å²) in [6.45, 7) is 10.5. The van der Waals surface area contributed by atoms with E-state index in [1.165, 1.54) is 0 Å². The van der Waals surface area contributed by atoms with Crippen LogP contribution in [0.2, 0.25) is 0 Å². The number of hydrazine groups is 1. The van der Waals surface area contributed by atoms with Crippen LogP contribution in [0.3, 0.4) is 0 Å². The van der Waals surface area contributed by atoms with Crippen LogP contribution in [0.25, 0.3) is 0 Å². The predicted octanol–water partition coefficient (Wildman–Crippen LogP) is 1.20. The number of nitrogens with two attached hydrogens (primary N) is 2. The summed E-state index contributed by atoms with van der Waals surface area (Å²) in [5.41, 5.74) is 0. The Kier molecular flexibility index (Phi) is 186. The molecule has 50 valence electrons. The summed E-state index contributed by atoms with van der Waals surface area (Å²) in [4.78, 5) is 0. The van der Waals surface area contributed by atoms with Crippen molar-refractivity contribution in [1.29, 1.82) is 0 Å². The average Bonchev–Trinajstić information content (AvgIpc) is 1.75. The van der Waals surface area contributed by atoms with Crippen molar-refractivity contribution in [2.45, 2.75) is 13.8 Å². The predicted molar refractivity (Wildman–Crippen MR) is 40.1 cm³/mol. The monoisotopic (exact) mass is 116 g/mol. The Balaban J connectivity index is -0.0000000483. The molecule has 4 N–H and O–H groups in total. The zero-order valence-electron chi connectivity index (χ0n) is 5.72. The summed E-state index contributed by atoms with van der Waals surface area (Å²) < 4.78 is 0. The van der Waals surface area contributed by atoms with E-state index in [-0.39, 0.29) is 0 Å². The van der Waals surface area contributed by atoms with Crippen molar-refractivity contribution in [3.05, 3.63) is 25.3 Å². The molecule has 0 radical (unpaired) electrons. The molecular formula is C6H16N2. The van der Waals surface area contributed by atoms with Gasteiger partial charge in [-0.05, 0) is 13.8 Å². The first-order valence-electron chi connectivity index (χ1n) is 2.30. The third kappa shape index (κ3) is 290. The fourth-order valence-corrected chi connectivity index (χ4v) is 0. The van der Waals surface area contributed by atoms with E-state index in [4.69, 9.17) is 0 Å². The summed E-state index contributed by atoms with van der Waals surface area (Å²) in [6.07, 6.45) is 3.50. The zero-order chi connectivity index (χ0) is 7.41. The van der Waals surface area contributed by atoms with Crippen LogP contribution < -0.4 is 11.7 Å². The zero-order valence-corrected chi connectivity index (χ0v) is 5.72. The highest BCUT2D eigenvalue weighted by molar-refractivity contribution is 4.51. The van der Waals surface area contributed by atoms with Gasteiger partial charge in [-0.3, -0.25) is 11.7 Å². The summed E-state index contributed by atoms with van der Waals surface area (Å²) in [6, 6.07) is 0. The molecule has 0 aromatic rings. The molecule has 2 nitrogen and oxygen atoms in total. The second-order valence-corrected chi connectivity index (χ2v) is 0.816. The van der Waals surface area contributed by atoms with Crippen molar-refractivity contribution in [1.82, 2.24) is 0 Å². The van der Waals surface area contributed by atoms with Crippen molar-refractivity contribution in [3.8, 4) is 0 Å². The SMILES string of the molecule is C=CC.C=CC.NN. The van der Waals surface area contributed by atoms with E-state index in [0.717, 1.165) is 0 Å². The molecule has 0 amide bonds. The van der Waals surface area contributed by atoms with Gasteiger partial charge in [0.25, 0.3) is 0 Å². The molecule has 0 saturated carbocycles. The van der Waals surface area contributed by atoms with Gasteiger partial charge in [0, 0.05) is 0 Å². The minimum absolute atomic E-state index is 1.75. The molecule has 0 unspecified atom stereocenters. The Morgan fingerprint density at radius 1 is 1.00 bits per heavy atom. The van der Waals surface area contributed by atoms with Gasteiger partial charge in [-0.2, -0.15) is 0 Å². The first-order chi connectivity index (χ1) is 3.83. The maximum absolute atomic E-state index is 4.00. The fraction of sp³-hybridized carbons (Fsp3) is 0.333. The maximum atomic E-state index is 4.00. The molecule has 0 aromatic carbocycles. The molecule has 0 aliphatic heterocycles. The molecule has 0 aromatic heterocycles. The van der Waals surface area contributed by atoms with E-state index >= 15 is 0 Å². The van der Waals surface area contributed by atoms with Gasteiger partial charge in [-0.25, -0.2) is 0 Å². The van der Waals surface area contributed by atoms with Crippen molar-refractivity contribution in [3.63, 3.8) is 0 Å². The largest absolute Gasteiger partial charge is 0.274 e. The lowest BCUT2D eigenvalue weighted by Crippen LogP contribution is -2.02. The third-order valence-electron chi connectivity index (χ3n) is 0. The number of hydrogen-bond acceptors (Lipinski definition) is 2. The van der Waals surface area contributed by atoms with Gasteiger partial charge < -0.3 is 0 Å². The summed E-state index contributed by atoms with van der Waals surface area (Å²) in [7, 11) is 0. The van der Waals surface area contributed by atoms with Crippen LogP contribution in [-0.2, 0) is 0 Å². The number of allylic oxidation sites excluding steroid dienone is 2. The van der Waals surface area contributed by atoms with E-state index in [2.05, 4.69) is 24.8 Å². The Labute approximate surface area is 51.8 Å². The second kappa shape index (κ2) is 95.2. The Morgan fingerprint density at radius 3 is 1.00 bits per heavy atom. The highest BCUT2D eigenvalue weighted by Crippen LogP contribution is 1.38. The Morgan fingerprint density at radius 2 is 1.00 bits per heavy atom. The molecule has 0 fully saturated rings. The first kappa shape index (κ1) is 15.7. The lowest BCUT2D eigenvalue weighted by atomic mass is 10.8. The van der Waals surface area contributed by atoms with Gasteiger partial charge in [0.15, 0.2) is 0 Å². The molecular weight excluding hydrogens is 100 g/mol. The third-order valence-corrected chi connectivity index (χ3v) is 0. The van der Waals surface area contributed by atoms with Crippen LogP contribution in [0, 0.1) is 0 Å². The van der Waals surface area contributed by atoms with Crippen LogP contribution in [0.5, 0.6) is 0 Å². The smallest absolute Gasteiger partial charge is 0.0473 e. The topological polar surface area (TPSA) is 52.0 Å². The number of rotatable bonds is 0. The molecule has 8 heavy (non-hydrogen) atoms. The van der Waals surface area contributed by atoms with Crippen molar-refractivity contribution < 1.29 is 0 Å². The van der Waals surface area contributed by atoms with Gasteiger partial charge >= 0.3 is 0 Å². The molecule has 0 saturated heterocycles. The van der Waals surface area contributed by atoms with Crippen LogP contribution in [-0.4, -0.2) is 0 Å². The normalized spacial score (nSPS) is 4.00. The van der Waals surface area contributed by atoms with Crippen LogP contribution in [0.1, 0.15) is 13.8 Å². The minimum atomic E-state index is 1.75. The highest BCUT2D eigenvalue weighted by atomic mass is 15.0. The molecule has 0 heterocycles. The average molecular weight is 116 g/mol. The molecule has 0 aliphatic carbocycles. The van der Waals surface area contributed by atoms with Gasteiger partial charge in [0.2, 0.25) is 0 Å². The molecule has 0 bridgehead atoms. The lowest BCUT2D eigenvalue weighted by Gasteiger charge is -1.31. The minimum Gasteiger partial charge on any atom is -0.274 e. The molecule has 0 rings (SSSR count). The van der Waals surface area contributed by atoms with Crippen LogP contribution >= 0.6 is 0 Å². The second-order valence-electron chi connectivity index (χ2n) is 0.816. The van der Waals surface area contributed by atoms with Crippen molar-refractivity contribution >= 4 is 0 Å². The van der Waals surface area contributed by atoms with E-state index in [9.17, 15) is 0 Å². The molecule has 0 atom stereocenters. The van der Waals surface area contributed by atoms with Gasteiger partial charge in [-0.1, -0.05) is 12.2 Å². The van der Waals surface area contributed by atoms with Crippen molar-refractivity contribution in [2.24, 2.45) is 11.7 Å². The van der Waals surface area contributed by atoms with Gasteiger partial charge in [0.1, 0.15) is 0 Å². The van der Waals surface area contributed by atoms with Crippen molar-refractivity contribution in [2.75, 3.05) is 0 Å². The van der Waals surface area contributed by atoms with Crippen LogP contribution in [0.15, 0.2) is 25.3 Å². The first-order valence-corrected chi connectivity index (χ1v) is 2.30. The Bertz CT molecular complexity index is 27.5. The summed E-state index contributed by atoms with van der Waals surface area (Å²) in [5.74, 6) is 8.00. The highest BCUT2D eigenvalue weighted by Gasteiger charge is 1.15. The summed E-state index contributed by atoms with van der Waals surface area (Å²) in [5, 5.41) is 0. The number of hydrogen-bond donors (Lipinski definition) is 2. The molecule has 2 heteroatoms.